The number of benzene rings is 1. The highest BCUT2D eigenvalue weighted by molar-refractivity contribution is 6.35. The zero-order valence-electron chi connectivity index (χ0n) is 12.9. The van der Waals surface area contributed by atoms with E-state index in [1.54, 1.807) is 7.05 Å². The second kappa shape index (κ2) is 6.41. The van der Waals surface area contributed by atoms with Crippen LogP contribution in [0.1, 0.15) is 23.2 Å². The summed E-state index contributed by atoms with van der Waals surface area (Å²) in [4.78, 5) is 38.1. The Labute approximate surface area is 137 Å². The Balaban J connectivity index is 2.40. The number of rotatable bonds is 4. The van der Waals surface area contributed by atoms with Crippen LogP contribution in [0.15, 0.2) is 11.2 Å². The SMILES string of the molecule is COc1cc(Cl)c(C(=O)N(C)C(=O)N(C)C2CC2)c(N=O)c1O. The highest BCUT2D eigenvalue weighted by atomic mass is 35.5. The number of amides is 3. The number of hydrogen-bond donors (Lipinski definition) is 1. The van der Waals surface area contributed by atoms with Crippen LogP contribution in [0.25, 0.3) is 0 Å². The van der Waals surface area contributed by atoms with Gasteiger partial charge >= 0.3 is 6.03 Å². The van der Waals surface area contributed by atoms with E-state index >= 15 is 0 Å². The van der Waals surface area contributed by atoms with Crippen molar-refractivity contribution >= 4 is 29.2 Å². The van der Waals surface area contributed by atoms with Crippen molar-refractivity contribution in [3.8, 4) is 11.5 Å². The van der Waals surface area contributed by atoms with Gasteiger partial charge in [0.05, 0.1) is 17.7 Å². The average Bonchev–Trinajstić information content (AvgIpc) is 3.38. The highest BCUT2D eigenvalue weighted by Crippen LogP contribution is 2.43. The lowest BCUT2D eigenvalue weighted by Gasteiger charge is -2.24. The van der Waals surface area contributed by atoms with Crippen LogP contribution in [-0.4, -0.2) is 54.1 Å². The van der Waals surface area contributed by atoms with Crippen molar-refractivity contribution in [2.45, 2.75) is 18.9 Å². The quantitative estimate of drug-likeness (QED) is 0.849. The molecule has 9 heteroatoms. The summed E-state index contributed by atoms with van der Waals surface area (Å²) >= 11 is 6.00. The topological polar surface area (TPSA) is 99.5 Å². The summed E-state index contributed by atoms with van der Waals surface area (Å²) in [6, 6.07) is 0.767. The third kappa shape index (κ3) is 3.07. The number of hydrogen-bond acceptors (Lipinski definition) is 6. The zero-order chi connectivity index (χ0) is 17.3. The summed E-state index contributed by atoms with van der Waals surface area (Å²) < 4.78 is 4.86. The molecule has 1 aliphatic rings. The predicted molar refractivity (Wildman–Crippen MR) is 83.4 cm³/mol. The normalized spacial score (nSPS) is 13.4. The number of urea groups is 1. The number of carbonyl (C=O) groups excluding carboxylic acids is 2. The van der Waals surface area contributed by atoms with Gasteiger partial charge in [0.25, 0.3) is 5.91 Å². The van der Waals surface area contributed by atoms with Gasteiger partial charge in [0.1, 0.15) is 0 Å². The van der Waals surface area contributed by atoms with E-state index in [4.69, 9.17) is 16.3 Å². The van der Waals surface area contributed by atoms with Gasteiger partial charge in [-0.15, -0.1) is 4.91 Å². The first-order valence-electron chi connectivity index (χ1n) is 6.81. The fourth-order valence-corrected chi connectivity index (χ4v) is 2.43. The summed E-state index contributed by atoms with van der Waals surface area (Å²) in [5.74, 6) is -1.53. The van der Waals surface area contributed by atoms with Gasteiger partial charge in [-0.1, -0.05) is 11.6 Å². The molecule has 0 radical (unpaired) electrons. The molecule has 1 aromatic rings. The molecule has 3 amide bonds. The maximum absolute atomic E-state index is 12.5. The van der Waals surface area contributed by atoms with Crippen LogP contribution >= 0.6 is 11.6 Å². The lowest BCUT2D eigenvalue weighted by molar-refractivity contribution is 0.0802. The summed E-state index contributed by atoms with van der Waals surface area (Å²) in [5.41, 5.74) is -0.909. The number of imide groups is 1. The van der Waals surface area contributed by atoms with Gasteiger partial charge in [-0.05, 0) is 18.0 Å². The second-order valence-electron chi connectivity index (χ2n) is 5.21. The number of halogens is 1. The minimum absolute atomic E-state index is 0.0924. The molecule has 1 aromatic carbocycles. The molecule has 1 saturated carbocycles. The molecule has 0 aromatic heterocycles. The Kier molecular flexibility index (Phi) is 4.74. The molecular weight excluding hydrogens is 326 g/mol. The largest absolute Gasteiger partial charge is 0.503 e. The summed E-state index contributed by atoms with van der Waals surface area (Å²) in [6.45, 7) is 0. The van der Waals surface area contributed by atoms with Gasteiger partial charge in [0, 0.05) is 26.2 Å². The summed E-state index contributed by atoms with van der Waals surface area (Å²) in [7, 11) is 4.13. The maximum Gasteiger partial charge on any atom is 0.326 e. The summed E-state index contributed by atoms with van der Waals surface area (Å²) in [5, 5.41) is 12.4. The van der Waals surface area contributed by atoms with E-state index in [0.717, 1.165) is 17.7 Å². The van der Waals surface area contributed by atoms with Crippen LogP contribution in [0.2, 0.25) is 5.02 Å². The molecule has 1 N–H and O–H groups in total. The maximum atomic E-state index is 12.5. The van der Waals surface area contributed by atoms with Crippen molar-refractivity contribution in [3.05, 3.63) is 21.6 Å². The molecule has 23 heavy (non-hydrogen) atoms. The lowest BCUT2D eigenvalue weighted by atomic mass is 10.1. The number of methoxy groups -OCH3 is 1. The van der Waals surface area contributed by atoms with Crippen LogP contribution in [0.3, 0.4) is 0 Å². The van der Waals surface area contributed by atoms with Crippen LogP contribution in [-0.2, 0) is 0 Å². The first kappa shape index (κ1) is 17.0. The Morgan fingerprint density at radius 3 is 2.48 bits per heavy atom. The molecule has 1 aliphatic carbocycles. The highest BCUT2D eigenvalue weighted by Gasteiger charge is 2.35. The van der Waals surface area contributed by atoms with Gasteiger partial charge in [-0.25, -0.2) is 4.79 Å². The molecule has 0 saturated heterocycles. The van der Waals surface area contributed by atoms with Gasteiger partial charge in [0.15, 0.2) is 17.2 Å². The van der Waals surface area contributed by atoms with E-state index in [2.05, 4.69) is 5.18 Å². The molecule has 1 fully saturated rings. The Morgan fingerprint density at radius 1 is 1.39 bits per heavy atom. The number of phenols is 1. The van der Waals surface area contributed by atoms with Crippen molar-refractivity contribution < 1.29 is 19.4 Å². The molecule has 0 bridgehead atoms. The van der Waals surface area contributed by atoms with E-state index in [0.29, 0.717) is 0 Å². The number of phenolic OH excluding ortho intramolecular Hbond substituents is 1. The molecule has 2 rings (SSSR count). The van der Waals surface area contributed by atoms with E-state index in [1.807, 2.05) is 0 Å². The van der Waals surface area contributed by atoms with Crippen molar-refractivity contribution in [1.82, 2.24) is 9.80 Å². The first-order valence-corrected chi connectivity index (χ1v) is 7.18. The van der Waals surface area contributed by atoms with Crippen molar-refractivity contribution in [2.75, 3.05) is 21.2 Å². The standard InChI is InChI=1S/C14H16ClN3O5/c1-17(7-4-5-7)14(21)18(2)13(20)10-8(15)6-9(23-3)12(19)11(10)16-22/h6-7,19H,4-5H2,1-3H3. The number of aromatic hydroxyl groups is 1. The van der Waals surface area contributed by atoms with Crippen molar-refractivity contribution in [3.63, 3.8) is 0 Å². The van der Waals surface area contributed by atoms with E-state index in [9.17, 15) is 19.6 Å². The van der Waals surface area contributed by atoms with E-state index in [1.165, 1.54) is 25.1 Å². The number of carbonyl (C=O) groups is 2. The average molecular weight is 342 g/mol. The summed E-state index contributed by atoms with van der Waals surface area (Å²) in [6.07, 6.45) is 1.77. The Bertz CT molecular complexity index is 675. The lowest BCUT2D eigenvalue weighted by Crippen LogP contribution is -2.43. The van der Waals surface area contributed by atoms with Crippen LogP contribution in [0.5, 0.6) is 11.5 Å². The van der Waals surface area contributed by atoms with Crippen molar-refractivity contribution in [1.29, 1.82) is 0 Å². The molecule has 8 nitrogen and oxygen atoms in total. The minimum atomic E-state index is -0.833. The van der Waals surface area contributed by atoms with Crippen LogP contribution in [0, 0.1) is 4.91 Å². The molecule has 0 atom stereocenters. The van der Waals surface area contributed by atoms with Gasteiger partial charge in [-0.2, -0.15) is 0 Å². The first-order chi connectivity index (χ1) is 10.8. The Morgan fingerprint density at radius 2 is 2.00 bits per heavy atom. The predicted octanol–water partition coefficient (Wildman–Crippen LogP) is 2.74. The van der Waals surface area contributed by atoms with Crippen LogP contribution in [0.4, 0.5) is 10.5 Å². The number of nitroso groups, excluding NO2 is 1. The van der Waals surface area contributed by atoms with Gasteiger partial charge in [-0.3, -0.25) is 9.69 Å². The van der Waals surface area contributed by atoms with Gasteiger partial charge in [0.2, 0.25) is 0 Å². The fraction of sp³-hybridized carbons (Fsp3) is 0.429. The smallest absolute Gasteiger partial charge is 0.326 e. The van der Waals surface area contributed by atoms with Gasteiger partial charge < -0.3 is 14.7 Å². The molecule has 0 spiro atoms. The second-order valence-corrected chi connectivity index (χ2v) is 5.62. The molecular formula is C14H16ClN3O5. The fourth-order valence-electron chi connectivity index (χ4n) is 2.16. The van der Waals surface area contributed by atoms with Crippen LogP contribution < -0.4 is 4.74 Å². The van der Waals surface area contributed by atoms with E-state index < -0.39 is 23.4 Å². The number of nitrogens with zero attached hydrogens (tertiary/aromatic N) is 3. The van der Waals surface area contributed by atoms with Crippen molar-refractivity contribution in [2.24, 2.45) is 5.18 Å². The minimum Gasteiger partial charge on any atom is -0.503 e. The zero-order valence-corrected chi connectivity index (χ0v) is 13.6. The molecule has 0 aliphatic heterocycles. The third-order valence-corrected chi connectivity index (χ3v) is 4.00. The molecule has 0 unspecified atom stereocenters. The molecule has 0 heterocycles. The molecule has 124 valence electrons. The monoisotopic (exact) mass is 341 g/mol. The third-order valence-electron chi connectivity index (χ3n) is 3.70. The van der Waals surface area contributed by atoms with E-state index in [-0.39, 0.29) is 22.4 Å². The number of ether oxygens (including phenoxy) is 1. The Hall–Kier alpha value is -2.35.